The molecular formula is C28H31NO3. The van der Waals surface area contributed by atoms with Gasteiger partial charge in [0.15, 0.2) is 11.5 Å². The SMILES string of the molecule is CC(C)(C)c1cc2cc(C3CCC3CC(=O)C3(c4ccc5c(c4)OCO5)CC3)ccc2[nH]1. The van der Waals surface area contributed by atoms with Gasteiger partial charge in [0.2, 0.25) is 6.79 Å². The lowest BCUT2D eigenvalue weighted by Gasteiger charge is -2.37. The van der Waals surface area contributed by atoms with Crippen molar-refractivity contribution < 1.29 is 14.3 Å². The molecule has 4 heteroatoms. The highest BCUT2D eigenvalue weighted by molar-refractivity contribution is 5.93. The number of carbonyl (C=O) groups is 1. The van der Waals surface area contributed by atoms with Gasteiger partial charge in [-0.2, -0.15) is 0 Å². The van der Waals surface area contributed by atoms with E-state index in [4.69, 9.17) is 9.47 Å². The first-order chi connectivity index (χ1) is 15.3. The van der Waals surface area contributed by atoms with Crippen LogP contribution in [0.15, 0.2) is 42.5 Å². The zero-order chi connectivity index (χ0) is 22.1. The quantitative estimate of drug-likeness (QED) is 0.512. The molecule has 1 N–H and O–H groups in total. The van der Waals surface area contributed by atoms with Crippen LogP contribution in [0.3, 0.4) is 0 Å². The van der Waals surface area contributed by atoms with Gasteiger partial charge in [0, 0.05) is 23.0 Å². The smallest absolute Gasteiger partial charge is 0.231 e. The van der Waals surface area contributed by atoms with E-state index in [1.54, 1.807) is 0 Å². The molecule has 6 rings (SSSR count). The highest BCUT2D eigenvalue weighted by Gasteiger charge is 2.52. The average molecular weight is 430 g/mol. The number of carbonyl (C=O) groups excluding carboxylic acids is 1. The van der Waals surface area contributed by atoms with Gasteiger partial charge in [-0.05, 0) is 84.4 Å². The highest BCUT2D eigenvalue weighted by Crippen LogP contribution is 2.54. The van der Waals surface area contributed by atoms with Crippen LogP contribution in [0.2, 0.25) is 0 Å². The van der Waals surface area contributed by atoms with Gasteiger partial charge in [-0.25, -0.2) is 0 Å². The minimum atomic E-state index is -0.298. The number of aromatic amines is 1. The maximum absolute atomic E-state index is 13.5. The number of ketones is 1. The first-order valence-corrected chi connectivity index (χ1v) is 11.9. The molecule has 3 aromatic rings. The predicted molar refractivity (Wildman–Crippen MR) is 126 cm³/mol. The predicted octanol–water partition coefficient (Wildman–Crippen LogP) is 6.38. The molecule has 2 fully saturated rings. The monoisotopic (exact) mass is 429 g/mol. The van der Waals surface area contributed by atoms with Gasteiger partial charge in [-0.3, -0.25) is 4.79 Å². The van der Waals surface area contributed by atoms with Crippen molar-refractivity contribution in [1.82, 2.24) is 4.98 Å². The van der Waals surface area contributed by atoms with Crippen LogP contribution in [0, 0.1) is 5.92 Å². The van der Waals surface area contributed by atoms with Gasteiger partial charge < -0.3 is 14.5 Å². The summed E-state index contributed by atoms with van der Waals surface area (Å²) in [6.07, 6.45) is 4.90. The van der Waals surface area contributed by atoms with Crippen molar-refractivity contribution in [2.45, 2.75) is 69.6 Å². The lowest BCUT2D eigenvalue weighted by atomic mass is 9.66. The fourth-order valence-corrected chi connectivity index (χ4v) is 5.52. The van der Waals surface area contributed by atoms with Crippen LogP contribution in [-0.4, -0.2) is 17.6 Å². The Labute approximate surface area is 189 Å². The van der Waals surface area contributed by atoms with Crippen molar-refractivity contribution >= 4 is 16.7 Å². The molecule has 2 atom stereocenters. The molecule has 32 heavy (non-hydrogen) atoms. The van der Waals surface area contributed by atoms with Gasteiger partial charge in [0.1, 0.15) is 5.78 Å². The largest absolute Gasteiger partial charge is 0.454 e. The summed E-state index contributed by atoms with van der Waals surface area (Å²) in [6.45, 7) is 6.98. The van der Waals surface area contributed by atoms with E-state index < -0.39 is 0 Å². The first kappa shape index (κ1) is 19.9. The molecule has 2 aromatic carbocycles. The van der Waals surface area contributed by atoms with E-state index in [1.807, 2.05) is 12.1 Å². The third kappa shape index (κ3) is 3.15. The second kappa shape index (κ2) is 6.87. The maximum atomic E-state index is 13.5. The molecule has 4 nitrogen and oxygen atoms in total. The molecule has 0 radical (unpaired) electrons. The molecule has 0 amide bonds. The minimum absolute atomic E-state index is 0.109. The van der Waals surface area contributed by atoms with Crippen LogP contribution in [0.25, 0.3) is 10.9 Å². The van der Waals surface area contributed by atoms with Crippen molar-refractivity contribution in [2.75, 3.05) is 6.79 Å². The summed E-state index contributed by atoms with van der Waals surface area (Å²) in [4.78, 5) is 17.0. The van der Waals surface area contributed by atoms with Gasteiger partial charge in [-0.1, -0.05) is 32.9 Å². The summed E-state index contributed by atoms with van der Waals surface area (Å²) in [5, 5.41) is 1.28. The molecule has 1 aliphatic heterocycles. The topological polar surface area (TPSA) is 51.3 Å². The number of Topliss-reactive ketones (excluding diaryl/α,β-unsaturated/α-hetero) is 1. The molecule has 2 aliphatic carbocycles. The Morgan fingerprint density at radius 2 is 1.84 bits per heavy atom. The Balaban J connectivity index is 1.20. The van der Waals surface area contributed by atoms with Crippen LogP contribution in [0.5, 0.6) is 11.5 Å². The van der Waals surface area contributed by atoms with Gasteiger partial charge >= 0.3 is 0 Å². The third-order valence-electron chi connectivity index (χ3n) is 7.95. The average Bonchev–Trinajstić information content (AvgIpc) is 3.22. The number of aromatic nitrogens is 1. The summed E-state index contributed by atoms with van der Waals surface area (Å²) < 4.78 is 11.0. The molecule has 0 spiro atoms. The molecule has 2 saturated carbocycles. The number of hydrogen-bond donors (Lipinski definition) is 1. The number of benzene rings is 2. The Bertz CT molecular complexity index is 1210. The van der Waals surface area contributed by atoms with Gasteiger partial charge in [0.05, 0.1) is 5.41 Å². The Kier molecular flexibility index (Phi) is 4.27. The van der Waals surface area contributed by atoms with Crippen molar-refractivity contribution in [1.29, 1.82) is 0 Å². The van der Waals surface area contributed by atoms with E-state index in [0.29, 0.717) is 24.0 Å². The molecule has 0 bridgehead atoms. The van der Waals surface area contributed by atoms with Crippen LogP contribution < -0.4 is 9.47 Å². The summed E-state index contributed by atoms with van der Waals surface area (Å²) in [5.74, 6) is 2.91. The van der Waals surface area contributed by atoms with E-state index in [2.05, 4.69) is 56.1 Å². The molecule has 3 aliphatic rings. The van der Waals surface area contributed by atoms with E-state index in [0.717, 1.165) is 36.3 Å². The van der Waals surface area contributed by atoms with Crippen molar-refractivity contribution in [2.24, 2.45) is 5.92 Å². The summed E-state index contributed by atoms with van der Waals surface area (Å²) in [7, 11) is 0. The van der Waals surface area contributed by atoms with Crippen LogP contribution in [-0.2, 0) is 15.6 Å². The van der Waals surface area contributed by atoms with E-state index in [1.165, 1.54) is 28.6 Å². The second-order valence-electron chi connectivity index (χ2n) is 11.0. The van der Waals surface area contributed by atoms with E-state index in [-0.39, 0.29) is 17.6 Å². The molecule has 166 valence electrons. The van der Waals surface area contributed by atoms with Crippen LogP contribution in [0.1, 0.15) is 75.6 Å². The fraction of sp³-hybridized carbons (Fsp3) is 0.464. The summed E-state index contributed by atoms with van der Waals surface area (Å²) >= 11 is 0. The van der Waals surface area contributed by atoms with Crippen LogP contribution >= 0.6 is 0 Å². The number of H-pyrrole nitrogens is 1. The number of ether oxygens (including phenoxy) is 2. The van der Waals surface area contributed by atoms with Crippen molar-refractivity contribution in [3.63, 3.8) is 0 Å². The number of nitrogens with one attached hydrogen (secondary N) is 1. The number of rotatable bonds is 5. The fourth-order valence-electron chi connectivity index (χ4n) is 5.52. The zero-order valence-electron chi connectivity index (χ0n) is 19.2. The normalized spacial score (nSPS) is 23.2. The zero-order valence-corrected chi connectivity index (χ0v) is 19.2. The lowest BCUT2D eigenvalue weighted by Crippen LogP contribution is -2.30. The van der Waals surface area contributed by atoms with E-state index >= 15 is 0 Å². The lowest BCUT2D eigenvalue weighted by molar-refractivity contribution is -0.123. The summed E-state index contributed by atoms with van der Waals surface area (Å²) in [5.41, 5.74) is 4.76. The Morgan fingerprint density at radius 3 is 2.56 bits per heavy atom. The first-order valence-electron chi connectivity index (χ1n) is 11.9. The maximum Gasteiger partial charge on any atom is 0.231 e. The second-order valence-corrected chi connectivity index (χ2v) is 11.0. The standard InChI is InChI=1S/C28H31NO3/c1-27(2,3)25-13-19-12-17(5-8-22(19)29-25)21-7-4-18(21)14-26(30)28(10-11-28)20-6-9-23-24(15-20)32-16-31-23/h5-6,8-9,12-13,15,18,21,29H,4,7,10-11,14,16H2,1-3H3. The molecule has 2 unspecified atom stereocenters. The Morgan fingerprint density at radius 1 is 1.03 bits per heavy atom. The van der Waals surface area contributed by atoms with E-state index in [9.17, 15) is 4.79 Å². The highest BCUT2D eigenvalue weighted by atomic mass is 16.7. The van der Waals surface area contributed by atoms with Gasteiger partial charge in [-0.15, -0.1) is 0 Å². The van der Waals surface area contributed by atoms with Crippen molar-refractivity contribution in [3.05, 3.63) is 59.3 Å². The Hall–Kier alpha value is -2.75. The molecule has 2 heterocycles. The van der Waals surface area contributed by atoms with Crippen molar-refractivity contribution in [3.8, 4) is 11.5 Å². The van der Waals surface area contributed by atoms with Gasteiger partial charge in [0.25, 0.3) is 0 Å². The molecular weight excluding hydrogens is 398 g/mol. The minimum Gasteiger partial charge on any atom is -0.454 e. The molecule has 1 aromatic heterocycles. The van der Waals surface area contributed by atoms with Crippen LogP contribution in [0.4, 0.5) is 0 Å². The number of hydrogen-bond acceptors (Lipinski definition) is 3. The third-order valence-corrected chi connectivity index (χ3v) is 7.95. The number of fused-ring (bicyclic) bond motifs is 2. The summed E-state index contributed by atoms with van der Waals surface area (Å²) in [6, 6.07) is 15.1. The molecule has 0 saturated heterocycles.